The molecule has 1 heterocycles. The number of likely N-dealkylation sites (N-methyl/N-ethyl adjacent to an activating group) is 1. The standard InChI is InChI=1S/C31H44N4O5/c1-21-17-35(22(2)20-36)30(37)26-11-8-12-27(33-31(38)32-24-13-15-25(39-4)16-14-24)29(26)40-28(21)19-34(3)18-23-9-6-5-7-10-23/h8,11-16,21-23,28,36H,5-7,9-10,17-20H2,1-4H3,(H2,32,33,38)/t21-,22-,28-/m1/s1. The Labute approximate surface area is 237 Å². The van der Waals surface area contributed by atoms with Gasteiger partial charge in [0, 0.05) is 31.2 Å². The SMILES string of the molecule is COc1ccc(NC(=O)Nc2cccc3c2O[C@H](CN(C)CC2CCCCC2)[C@H](C)CN([C@H](C)CO)C3=O)cc1. The number of methoxy groups -OCH3 is 1. The molecule has 0 saturated heterocycles. The number of hydrogen-bond donors (Lipinski definition) is 3. The minimum Gasteiger partial charge on any atom is -0.497 e. The van der Waals surface area contributed by atoms with Crippen LogP contribution < -0.4 is 20.1 Å². The van der Waals surface area contributed by atoms with E-state index in [0.29, 0.717) is 47.4 Å². The zero-order valence-corrected chi connectivity index (χ0v) is 24.2. The van der Waals surface area contributed by atoms with Crippen molar-refractivity contribution in [2.75, 3.05) is 51.0 Å². The zero-order valence-electron chi connectivity index (χ0n) is 24.2. The number of nitrogens with one attached hydrogen (secondary N) is 2. The van der Waals surface area contributed by atoms with Gasteiger partial charge in [-0.2, -0.15) is 0 Å². The number of urea groups is 1. The van der Waals surface area contributed by atoms with E-state index in [-0.39, 0.29) is 30.6 Å². The van der Waals surface area contributed by atoms with Crippen molar-refractivity contribution < 1.29 is 24.2 Å². The molecule has 4 rings (SSSR count). The molecular formula is C31H44N4O5. The Hall–Kier alpha value is -3.30. The van der Waals surface area contributed by atoms with Gasteiger partial charge in [0.05, 0.1) is 31.0 Å². The molecule has 3 atom stereocenters. The van der Waals surface area contributed by atoms with Crippen LogP contribution in [0.25, 0.3) is 0 Å². The summed E-state index contributed by atoms with van der Waals surface area (Å²) in [6.07, 6.45) is 6.23. The van der Waals surface area contributed by atoms with Gasteiger partial charge in [0.25, 0.3) is 5.91 Å². The Morgan fingerprint density at radius 2 is 1.85 bits per heavy atom. The van der Waals surface area contributed by atoms with Crippen molar-refractivity contribution in [3.63, 3.8) is 0 Å². The highest BCUT2D eigenvalue weighted by Gasteiger charge is 2.35. The fourth-order valence-corrected chi connectivity index (χ4v) is 5.71. The molecule has 1 saturated carbocycles. The molecule has 3 amide bonds. The quantitative estimate of drug-likeness (QED) is 0.401. The lowest BCUT2D eigenvalue weighted by Crippen LogP contribution is -2.50. The van der Waals surface area contributed by atoms with Gasteiger partial charge in [-0.1, -0.05) is 32.3 Å². The Morgan fingerprint density at radius 3 is 2.52 bits per heavy atom. The van der Waals surface area contributed by atoms with Crippen molar-refractivity contribution in [1.82, 2.24) is 9.80 Å². The summed E-state index contributed by atoms with van der Waals surface area (Å²) in [4.78, 5) is 30.7. The highest BCUT2D eigenvalue weighted by Crippen LogP contribution is 2.35. The minimum atomic E-state index is -0.448. The largest absolute Gasteiger partial charge is 0.497 e. The molecule has 0 bridgehead atoms. The Morgan fingerprint density at radius 1 is 1.12 bits per heavy atom. The number of benzene rings is 2. The highest BCUT2D eigenvalue weighted by molar-refractivity contribution is 6.04. The first kappa shape index (κ1) is 29.7. The van der Waals surface area contributed by atoms with E-state index in [1.807, 2.05) is 6.92 Å². The summed E-state index contributed by atoms with van der Waals surface area (Å²) in [6, 6.07) is 11.4. The summed E-state index contributed by atoms with van der Waals surface area (Å²) in [5, 5.41) is 15.6. The van der Waals surface area contributed by atoms with Crippen molar-refractivity contribution in [2.24, 2.45) is 11.8 Å². The van der Waals surface area contributed by atoms with Gasteiger partial charge in [-0.3, -0.25) is 4.79 Å². The average Bonchev–Trinajstić information content (AvgIpc) is 2.95. The van der Waals surface area contributed by atoms with Crippen LogP contribution in [0.15, 0.2) is 42.5 Å². The first-order valence-corrected chi connectivity index (χ1v) is 14.4. The maximum absolute atomic E-state index is 13.7. The number of anilines is 2. The Kier molecular flexibility index (Phi) is 10.3. The first-order valence-electron chi connectivity index (χ1n) is 14.4. The number of fused-ring (bicyclic) bond motifs is 1. The third-order valence-electron chi connectivity index (χ3n) is 8.07. The van der Waals surface area contributed by atoms with Gasteiger partial charge in [0.1, 0.15) is 11.9 Å². The number of aliphatic hydroxyl groups excluding tert-OH is 1. The summed E-state index contributed by atoms with van der Waals surface area (Å²) in [5.41, 5.74) is 1.39. The number of nitrogens with zero attached hydrogens (tertiary/aromatic N) is 2. The number of carbonyl (C=O) groups excluding carboxylic acids is 2. The van der Waals surface area contributed by atoms with Crippen LogP contribution in [-0.2, 0) is 0 Å². The van der Waals surface area contributed by atoms with E-state index in [9.17, 15) is 14.7 Å². The summed E-state index contributed by atoms with van der Waals surface area (Å²) in [5.74, 6) is 1.52. The lowest BCUT2D eigenvalue weighted by molar-refractivity contribution is 0.0333. The second kappa shape index (κ2) is 13.9. The van der Waals surface area contributed by atoms with Crippen LogP contribution in [0.4, 0.5) is 16.2 Å². The molecule has 0 spiro atoms. The van der Waals surface area contributed by atoms with E-state index in [1.165, 1.54) is 32.1 Å². The van der Waals surface area contributed by atoms with Crippen LogP contribution >= 0.6 is 0 Å². The highest BCUT2D eigenvalue weighted by atomic mass is 16.5. The van der Waals surface area contributed by atoms with Crippen molar-refractivity contribution in [3.05, 3.63) is 48.0 Å². The van der Waals surface area contributed by atoms with Crippen LogP contribution in [0.3, 0.4) is 0 Å². The van der Waals surface area contributed by atoms with E-state index in [4.69, 9.17) is 9.47 Å². The van der Waals surface area contributed by atoms with Gasteiger partial charge in [-0.15, -0.1) is 0 Å². The summed E-state index contributed by atoms with van der Waals surface area (Å²) >= 11 is 0. The summed E-state index contributed by atoms with van der Waals surface area (Å²) in [7, 11) is 3.72. The van der Waals surface area contributed by atoms with E-state index < -0.39 is 6.03 Å². The molecule has 0 aromatic heterocycles. The Balaban J connectivity index is 1.58. The van der Waals surface area contributed by atoms with Gasteiger partial charge in [0.15, 0.2) is 5.75 Å². The average molecular weight is 553 g/mol. The van der Waals surface area contributed by atoms with Crippen LogP contribution in [0.1, 0.15) is 56.3 Å². The maximum atomic E-state index is 13.7. The fraction of sp³-hybridized carbons (Fsp3) is 0.548. The van der Waals surface area contributed by atoms with Crippen molar-refractivity contribution in [2.45, 2.75) is 58.1 Å². The molecule has 1 aliphatic heterocycles. The second-order valence-corrected chi connectivity index (χ2v) is 11.3. The number of amides is 3. The molecule has 3 N–H and O–H groups in total. The van der Waals surface area contributed by atoms with Crippen LogP contribution in [0.2, 0.25) is 0 Å². The topological polar surface area (TPSA) is 103 Å². The third-order valence-corrected chi connectivity index (χ3v) is 8.07. The molecule has 1 aliphatic carbocycles. The second-order valence-electron chi connectivity index (χ2n) is 11.3. The molecule has 2 aromatic rings. The predicted molar refractivity (Wildman–Crippen MR) is 157 cm³/mol. The fourth-order valence-electron chi connectivity index (χ4n) is 5.71. The third kappa shape index (κ3) is 7.46. The monoisotopic (exact) mass is 552 g/mol. The van der Waals surface area contributed by atoms with Crippen molar-refractivity contribution >= 4 is 23.3 Å². The zero-order chi connectivity index (χ0) is 28.6. The lowest BCUT2D eigenvalue weighted by atomic mass is 9.89. The maximum Gasteiger partial charge on any atom is 0.323 e. The van der Waals surface area contributed by atoms with Gasteiger partial charge >= 0.3 is 6.03 Å². The number of carbonyl (C=O) groups is 2. The van der Waals surface area contributed by atoms with Crippen molar-refractivity contribution in [1.29, 1.82) is 0 Å². The lowest BCUT2D eigenvalue weighted by Gasteiger charge is -2.39. The Bertz CT molecular complexity index is 1140. The van der Waals surface area contributed by atoms with Gasteiger partial charge in [-0.25, -0.2) is 4.79 Å². The number of hydrogen-bond acceptors (Lipinski definition) is 6. The number of rotatable bonds is 9. The van der Waals surface area contributed by atoms with Crippen molar-refractivity contribution in [3.8, 4) is 11.5 Å². The van der Waals surface area contributed by atoms with E-state index in [2.05, 4.69) is 29.5 Å². The normalized spacial score (nSPS) is 20.6. The number of aliphatic hydroxyl groups is 1. The molecule has 2 aromatic carbocycles. The minimum absolute atomic E-state index is 0.00101. The molecule has 40 heavy (non-hydrogen) atoms. The van der Waals surface area contributed by atoms with Gasteiger partial charge in [0.2, 0.25) is 0 Å². The first-order chi connectivity index (χ1) is 19.3. The molecule has 0 radical (unpaired) electrons. The smallest absolute Gasteiger partial charge is 0.323 e. The molecule has 0 unspecified atom stereocenters. The van der Waals surface area contributed by atoms with Crippen LogP contribution in [-0.4, -0.2) is 79.4 Å². The molecule has 9 nitrogen and oxygen atoms in total. The van der Waals surface area contributed by atoms with Crippen LogP contribution in [0, 0.1) is 11.8 Å². The molecule has 9 heteroatoms. The summed E-state index contributed by atoms with van der Waals surface area (Å²) < 4.78 is 11.8. The number of ether oxygens (including phenoxy) is 2. The van der Waals surface area contributed by atoms with Gasteiger partial charge < -0.3 is 35.0 Å². The van der Waals surface area contributed by atoms with E-state index in [1.54, 1.807) is 54.5 Å². The van der Waals surface area contributed by atoms with E-state index >= 15 is 0 Å². The van der Waals surface area contributed by atoms with E-state index in [0.717, 1.165) is 6.54 Å². The van der Waals surface area contributed by atoms with Crippen LogP contribution in [0.5, 0.6) is 11.5 Å². The molecule has 2 aliphatic rings. The predicted octanol–water partition coefficient (Wildman–Crippen LogP) is 5.07. The molecule has 218 valence electrons. The summed E-state index contributed by atoms with van der Waals surface area (Å²) in [6.45, 7) is 5.97. The molecular weight excluding hydrogens is 508 g/mol. The molecule has 1 fully saturated rings. The van der Waals surface area contributed by atoms with Gasteiger partial charge in [-0.05, 0) is 69.1 Å². The number of para-hydroxylation sites is 1.